The summed E-state index contributed by atoms with van der Waals surface area (Å²) >= 11 is 0. The van der Waals surface area contributed by atoms with Crippen molar-refractivity contribution < 1.29 is 0 Å². The predicted octanol–water partition coefficient (Wildman–Crippen LogP) is 14.1. The first-order chi connectivity index (χ1) is 25.5. The fourth-order valence-electron chi connectivity index (χ4n) is 7.98. The van der Waals surface area contributed by atoms with Crippen molar-refractivity contribution in [3.63, 3.8) is 0 Å². The van der Waals surface area contributed by atoms with Gasteiger partial charge < -0.3 is 4.90 Å². The van der Waals surface area contributed by atoms with Gasteiger partial charge in [0.1, 0.15) is 0 Å². The molecule has 0 heterocycles. The van der Waals surface area contributed by atoms with E-state index in [2.05, 4.69) is 219 Å². The lowest BCUT2D eigenvalue weighted by Crippen LogP contribution is -2.17. The summed E-state index contributed by atoms with van der Waals surface area (Å²) in [6.45, 7) is 4.73. The Hall–Kier alpha value is -6.44. The van der Waals surface area contributed by atoms with Crippen molar-refractivity contribution in [2.24, 2.45) is 0 Å². The number of rotatable bonds is 7. The third-order valence-corrected chi connectivity index (χ3v) is 10.7. The lowest BCUT2D eigenvalue weighted by molar-refractivity contribution is 0.711. The first-order valence-corrected chi connectivity index (χ1v) is 18.1. The standard InChI is InChI=1S/C51H39N/c1-51(2)49(35-44-22-21-42-15-9-10-16-48(42)50(44)51)43-27-33-47(34-28-43)52(45-29-23-40(24-30-45)37-13-7-4-8-14-37)46-31-25-41(26-32-46)39-19-17-38(18-20-39)36-11-5-3-6-12-36/h3-35H,1-2H3. The van der Waals surface area contributed by atoms with Crippen molar-refractivity contribution in [2.45, 2.75) is 19.3 Å². The van der Waals surface area contributed by atoms with Crippen LogP contribution in [0.1, 0.15) is 30.5 Å². The number of hydrogen-bond donors (Lipinski definition) is 0. The fraction of sp³-hybridized carbons (Fsp3) is 0.0588. The molecular formula is C51H39N. The molecule has 0 bridgehead atoms. The molecule has 0 radical (unpaired) electrons. The molecule has 0 saturated heterocycles. The summed E-state index contributed by atoms with van der Waals surface area (Å²) in [6, 6.07) is 70.3. The molecule has 0 atom stereocenters. The molecular weight excluding hydrogens is 627 g/mol. The van der Waals surface area contributed by atoms with Crippen molar-refractivity contribution in [3.8, 4) is 33.4 Å². The zero-order chi connectivity index (χ0) is 35.1. The van der Waals surface area contributed by atoms with Gasteiger partial charge in [-0.2, -0.15) is 0 Å². The summed E-state index contributed by atoms with van der Waals surface area (Å²) in [6.07, 6.45) is 2.39. The van der Waals surface area contributed by atoms with Gasteiger partial charge in [-0.25, -0.2) is 0 Å². The molecule has 0 fully saturated rings. The second-order valence-corrected chi connectivity index (χ2v) is 14.2. The van der Waals surface area contributed by atoms with Gasteiger partial charge in [-0.15, -0.1) is 0 Å². The molecule has 0 unspecified atom stereocenters. The van der Waals surface area contributed by atoms with E-state index in [0.29, 0.717) is 0 Å². The Labute approximate surface area is 306 Å². The molecule has 1 aliphatic carbocycles. The SMILES string of the molecule is CC1(C)C(c2ccc(N(c3ccc(-c4ccccc4)cc3)c3ccc(-c4ccc(-c5ccccc5)cc4)cc3)cc2)=Cc2ccc3ccccc3c21. The van der Waals surface area contributed by atoms with Crippen molar-refractivity contribution in [1.29, 1.82) is 0 Å². The van der Waals surface area contributed by atoms with E-state index in [1.165, 1.54) is 66.4 Å². The van der Waals surface area contributed by atoms with E-state index in [1.54, 1.807) is 0 Å². The lowest BCUT2D eigenvalue weighted by Gasteiger charge is -2.28. The van der Waals surface area contributed by atoms with Crippen molar-refractivity contribution in [2.75, 3.05) is 4.90 Å². The molecule has 0 spiro atoms. The van der Waals surface area contributed by atoms with E-state index in [0.717, 1.165) is 17.1 Å². The van der Waals surface area contributed by atoms with Crippen LogP contribution in [0.3, 0.4) is 0 Å². The summed E-state index contributed by atoms with van der Waals surface area (Å²) in [5, 5.41) is 2.64. The quantitative estimate of drug-likeness (QED) is 0.164. The summed E-state index contributed by atoms with van der Waals surface area (Å²) in [4.78, 5) is 2.36. The van der Waals surface area contributed by atoms with Gasteiger partial charge in [0.05, 0.1) is 0 Å². The molecule has 1 aliphatic rings. The zero-order valence-electron chi connectivity index (χ0n) is 29.5. The molecule has 0 N–H and O–H groups in total. The van der Waals surface area contributed by atoms with Crippen LogP contribution in [-0.4, -0.2) is 0 Å². The molecule has 8 aromatic carbocycles. The monoisotopic (exact) mass is 665 g/mol. The van der Waals surface area contributed by atoms with Gasteiger partial charge in [0, 0.05) is 22.5 Å². The molecule has 52 heavy (non-hydrogen) atoms. The van der Waals surface area contributed by atoms with Gasteiger partial charge in [-0.3, -0.25) is 0 Å². The highest BCUT2D eigenvalue weighted by atomic mass is 15.1. The number of benzene rings is 8. The highest BCUT2D eigenvalue weighted by Crippen LogP contribution is 2.49. The topological polar surface area (TPSA) is 3.24 Å². The minimum absolute atomic E-state index is 0.111. The minimum atomic E-state index is -0.111. The maximum Gasteiger partial charge on any atom is 0.0462 e. The normalized spacial score (nSPS) is 13.1. The molecule has 9 rings (SSSR count). The Balaban J connectivity index is 1.06. The van der Waals surface area contributed by atoms with Crippen LogP contribution in [0, 0.1) is 0 Å². The van der Waals surface area contributed by atoms with Crippen LogP contribution in [0.2, 0.25) is 0 Å². The third kappa shape index (κ3) is 5.71. The molecule has 1 nitrogen and oxygen atoms in total. The van der Waals surface area contributed by atoms with Gasteiger partial charge in [-0.1, -0.05) is 172 Å². The Kier molecular flexibility index (Phi) is 7.90. The Morgan fingerprint density at radius 2 is 0.731 bits per heavy atom. The van der Waals surface area contributed by atoms with Gasteiger partial charge in [0.15, 0.2) is 0 Å². The highest BCUT2D eigenvalue weighted by Gasteiger charge is 2.35. The highest BCUT2D eigenvalue weighted by molar-refractivity contribution is 6.02. The van der Waals surface area contributed by atoms with Crippen molar-refractivity contribution in [1.82, 2.24) is 0 Å². The van der Waals surface area contributed by atoms with Crippen LogP contribution in [0.25, 0.3) is 55.8 Å². The lowest BCUT2D eigenvalue weighted by atomic mass is 9.77. The molecule has 248 valence electrons. The van der Waals surface area contributed by atoms with E-state index >= 15 is 0 Å². The molecule has 0 amide bonds. The van der Waals surface area contributed by atoms with E-state index in [9.17, 15) is 0 Å². The predicted molar refractivity (Wildman–Crippen MR) is 222 cm³/mol. The summed E-state index contributed by atoms with van der Waals surface area (Å²) in [7, 11) is 0. The van der Waals surface area contributed by atoms with E-state index in [1.807, 2.05) is 0 Å². The van der Waals surface area contributed by atoms with Crippen LogP contribution in [-0.2, 0) is 5.41 Å². The van der Waals surface area contributed by atoms with E-state index in [4.69, 9.17) is 0 Å². The number of fused-ring (bicyclic) bond motifs is 3. The Morgan fingerprint density at radius 1 is 0.346 bits per heavy atom. The first-order valence-electron chi connectivity index (χ1n) is 18.1. The summed E-state index contributed by atoms with van der Waals surface area (Å²) in [5.74, 6) is 0. The van der Waals surface area contributed by atoms with Gasteiger partial charge in [0.2, 0.25) is 0 Å². The average molecular weight is 666 g/mol. The average Bonchev–Trinajstić information content (AvgIpc) is 3.50. The summed E-state index contributed by atoms with van der Waals surface area (Å²) in [5.41, 5.74) is 15.9. The number of nitrogens with zero attached hydrogens (tertiary/aromatic N) is 1. The van der Waals surface area contributed by atoms with Crippen LogP contribution >= 0.6 is 0 Å². The fourth-order valence-corrected chi connectivity index (χ4v) is 7.98. The molecule has 0 aliphatic heterocycles. The van der Waals surface area contributed by atoms with Crippen LogP contribution in [0.5, 0.6) is 0 Å². The second kappa shape index (κ2) is 13.0. The third-order valence-electron chi connectivity index (χ3n) is 10.7. The second-order valence-electron chi connectivity index (χ2n) is 14.2. The smallest absolute Gasteiger partial charge is 0.0462 e. The Bertz CT molecular complexity index is 2520. The van der Waals surface area contributed by atoms with Crippen molar-refractivity contribution in [3.05, 3.63) is 211 Å². The number of anilines is 3. The van der Waals surface area contributed by atoms with E-state index in [-0.39, 0.29) is 5.41 Å². The van der Waals surface area contributed by atoms with Crippen LogP contribution < -0.4 is 4.90 Å². The molecule has 8 aromatic rings. The maximum atomic E-state index is 2.39. The molecule has 0 saturated carbocycles. The zero-order valence-corrected chi connectivity index (χ0v) is 29.5. The molecule has 1 heteroatoms. The van der Waals surface area contributed by atoms with Crippen LogP contribution in [0.4, 0.5) is 17.1 Å². The maximum absolute atomic E-state index is 2.39. The molecule has 0 aromatic heterocycles. The largest absolute Gasteiger partial charge is 0.311 e. The van der Waals surface area contributed by atoms with Gasteiger partial charge >= 0.3 is 0 Å². The minimum Gasteiger partial charge on any atom is -0.311 e. The number of allylic oxidation sites excluding steroid dienone is 1. The Morgan fingerprint density at radius 3 is 1.21 bits per heavy atom. The number of hydrogen-bond acceptors (Lipinski definition) is 1. The van der Waals surface area contributed by atoms with Crippen LogP contribution in [0.15, 0.2) is 194 Å². The van der Waals surface area contributed by atoms with Gasteiger partial charge in [-0.05, 0) is 109 Å². The van der Waals surface area contributed by atoms with Crippen molar-refractivity contribution >= 4 is 39.5 Å². The first kappa shape index (κ1) is 31.5. The van der Waals surface area contributed by atoms with E-state index < -0.39 is 0 Å². The summed E-state index contributed by atoms with van der Waals surface area (Å²) < 4.78 is 0. The van der Waals surface area contributed by atoms with Gasteiger partial charge in [0.25, 0.3) is 0 Å².